The number of halogens is 1. The minimum Gasteiger partial charge on any atom is -0.398 e. The summed E-state index contributed by atoms with van der Waals surface area (Å²) < 4.78 is 0. The normalized spacial score (nSPS) is 10.5. The van der Waals surface area contributed by atoms with Crippen molar-refractivity contribution in [1.29, 1.82) is 0 Å². The largest absolute Gasteiger partial charge is 0.398 e. The number of hydroxylamine groups is 1. The van der Waals surface area contributed by atoms with E-state index < -0.39 is 0 Å². The molecular formula is C11H15ClN2O2. The van der Waals surface area contributed by atoms with Gasteiger partial charge in [-0.05, 0) is 24.1 Å². The fraction of sp³-hybridized carbons (Fsp3) is 0.364. The van der Waals surface area contributed by atoms with Crippen molar-refractivity contribution < 1.29 is 9.63 Å². The Kier molecular flexibility index (Phi) is 4.58. The van der Waals surface area contributed by atoms with Gasteiger partial charge < -0.3 is 5.73 Å². The number of nitrogen functional groups attached to an aromatic ring is 1. The van der Waals surface area contributed by atoms with Crippen LogP contribution >= 0.6 is 11.6 Å². The second-order valence-corrected chi connectivity index (χ2v) is 4.28. The molecule has 0 aromatic heterocycles. The van der Waals surface area contributed by atoms with Crippen molar-refractivity contribution in [3.05, 3.63) is 28.8 Å². The summed E-state index contributed by atoms with van der Waals surface area (Å²) in [6, 6.07) is 4.68. The molecule has 88 valence electrons. The molecule has 0 aliphatic rings. The maximum atomic E-state index is 11.6. The highest BCUT2D eigenvalue weighted by atomic mass is 35.5. The number of carbonyl (C=O) groups excluding carboxylic acids is 1. The number of rotatable bonds is 4. The molecule has 4 nitrogen and oxygen atoms in total. The molecule has 0 saturated carbocycles. The van der Waals surface area contributed by atoms with Crippen LogP contribution in [0.2, 0.25) is 5.02 Å². The highest BCUT2D eigenvalue weighted by molar-refractivity contribution is 6.33. The van der Waals surface area contributed by atoms with Crippen molar-refractivity contribution in [1.82, 2.24) is 5.48 Å². The Balaban J connectivity index is 2.56. The Hall–Kier alpha value is -1.26. The van der Waals surface area contributed by atoms with Gasteiger partial charge in [-0.15, -0.1) is 0 Å². The first kappa shape index (κ1) is 12.8. The quantitative estimate of drug-likeness (QED) is 0.629. The lowest BCUT2D eigenvalue weighted by Gasteiger charge is -2.08. The number of amides is 1. The van der Waals surface area contributed by atoms with Crippen molar-refractivity contribution in [2.75, 3.05) is 12.3 Å². The molecule has 3 N–H and O–H groups in total. The number of anilines is 1. The van der Waals surface area contributed by atoms with Crippen LogP contribution in [-0.2, 0) is 4.84 Å². The molecule has 1 aromatic rings. The highest BCUT2D eigenvalue weighted by Gasteiger charge is 2.07. The van der Waals surface area contributed by atoms with Gasteiger partial charge in [0.05, 0.1) is 17.3 Å². The maximum absolute atomic E-state index is 11.6. The molecule has 0 fully saturated rings. The van der Waals surface area contributed by atoms with Crippen LogP contribution in [0.5, 0.6) is 0 Å². The van der Waals surface area contributed by atoms with Gasteiger partial charge in [-0.3, -0.25) is 9.63 Å². The third-order valence-electron chi connectivity index (χ3n) is 1.84. The summed E-state index contributed by atoms with van der Waals surface area (Å²) in [6.45, 7) is 4.45. The molecule has 0 aliphatic carbocycles. The molecule has 5 heteroatoms. The number of hydrogen-bond donors (Lipinski definition) is 2. The van der Waals surface area contributed by atoms with Crippen molar-refractivity contribution in [2.24, 2.45) is 5.92 Å². The Morgan fingerprint density at radius 2 is 2.25 bits per heavy atom. The molecule has 0 spiro atoms. The number of carbonyl (C=O) groups is 1. The standard InChI is InChI=1S/C11H15ClN2O2/c1-7(2)6-16-14-11(15)8-3-4-10(13)9(12)5-8/h3-5,7H,6,13H2,1-2H3,(H,14,15). The van der Waals surface area contributed by atoms with Gasteiger partial charge in [0, 0.05) is 5.56 Å². The third-order valence-corrected chi connectivity index (χ3v) is 2.17. The van der Waals surface area contributed by atoms with Crippen LogP contribution < -0.4 is 11.2 Å². The lowest BCUT2D eigenvalue weighted by atomic mass is 10.2. The third kappa shape index (κ3) is 3.72. The fourth-order valence-electron chi connectivity index (χ4n) is 1.00. The zero-order chi connectivity index (χ0) is 12.1. The second-order valence-electron chi connectivity index (χ2n) is 3.87. The summed E-state index contributed by atoms with van der Waals surface area (Å²) in [5.74, 6) is 0.0258. The minimum absolute atomic E-state index is 0.331. The number of nitrogens with one attached hydrogen (secondary N) is 1. The fourth-order valence-corrected chi connectivity index (χ4v) is 1.18. The molecule has 0 unspecified atom stereocenters. The number of nitrogens with two attached hydrogens (primary N) is 1. The first-order valence-corrected chi connectivity index (χ1v) is 5.35. The van der Waals surface area contributed by atoms with Gasteiger partial charge in [0.25, 0.3) is 5.91 Å². The molecule has 16 heavy (non-hydrogen) atoms. The molecule has 0 heterocycles. The van der Waals surface area contributed by atoms with Gasteiger partial charge in [-0.2, -0.15) is 0 Å². The Morgan fingerprint density at radius 1 is 1.56 bits per heavy atom. The van der Waals surface area contributed by atoms with Crippen LogP contribution in [0.4, 0.5) is 5.69 Å². The number of benzene rings is 1. The van der Waals surface area contributed by atoms with E-state index in [0.29, 0.717) is 28.8 Å². The van der Waals surface area contributed by atoms with E-state index in [-0.39, 0.29) is 5.91 Å². The lowest BCUT2D eigenvalue weighted by Crippen LogP contribution is -2.25. The van der Waals surface area contributed by atoms with Crippen molar-refractivity contribution in [3.8, 4) is 0 Å². The van der Waals surface area contributed by atoms with Crippen LogP contribution in [0.15, 0.2) is 18.2 Å². The monoisotopic (exact) mass is 242 g/mol. The lowest BCUT2D eigenvalue weighted by molar-refractivity contribution is 0.0208. The smallest absolute Gasteiger partial charge is 0.274 e. The van der Waals surface area contributed by atoms with Crippen molar-refractivity contribution in [2.45, 2.75) is 13.8 Å². The van der Waals surface area contributed by atoms with Crippen LogP contribution in [0.3, 0.4) is 0 Å². The van der Waals surface area contributed by atoms with E-state index in [1.807, 2.05) is 13.8 Å². The van der Waals surface area contributed by atoms with E-state index in [1.165, 1.54) is 6.07 Å². The molecule has 0 bridgehead atoms. The van der Waals surface area contributed by atoms with Crippen LogP contribution in [0.25, 0.3) is 0 Å². The van der Waals surface area contributed by atoms with Gasteiger partial charge in [0.2, 0.25) is 0 Å². The summed E-state index contributed by atoms with van der Waals surface area (Å²) in [7, 11) is 0. The van der Waals surface area contributed by atoms with Gasteiger partial charge >= 0.3 is 0 Å². The Bertz CT molecular complexity index is 380. The topological polar surface area (TPSA) is 64.3 Å². The zero-order valence-corrected chi connectivity index (χ0v) is 10.0. The zero-order valence-electron chi connectivity index (χ0n) is 9.29. The van der Waals surface area contributed by atoms with Crippen LogP contribution in [0.1, 0.15) is 24.2 Å². The number of hydrogen-bond acceptors (Lipinski definition) is 3. The Morgan fingerprint density at radius 3 is 2.81 bits per heavy atom. The summed E-state index contributed by atoms with van der Waals surface area (Å²) >= 11 is 5.80. The molecule has 1 aromatic carbocycles. The predicted octanol–water partition coefficient (Wildman–Crippen LogP) is 2.24. The van der Waals surface area contributed by atoms with Crippen LogP contribution in [0, 0.1) is 5.92 Å². The van der Waals surface area contributed by atoms with Crippen molar-refractivity contribution >= 4 is 23.2 Å². The summed E-state index contributed by atoms with van der Waals surface area (Å²) in [4.78, 5) is 16.6. The first-order valence-electron chi connectivity index (χ1n) is 4.98. The second kappa shape index (κ2) is 5.72. The average Bonchev–Trinajstić information content (AvgIpc) is 2.21. The minimum atomic E-state index is -0.331. The van der Waals surface area contributed by atoms with E-state index in [4.69, 9.17) is 22.2 Å². The molecular weight excluding hydrogens is 228 g/mol. The molecule has 0 radical (unpaired) electrons. The molecule has 1 rings (SSSR count). The maximum Gasteiger partial charge on any atom is 0.274 e. The van der Waals surface area contributed by atoms with Crippen LogP contribution in [-0.4, -0.2) is 12.5 Å². The molecule has 0 aliphatic heterocycles. The Labute approximate surface area is 99.7 Å². The van der Waals surface area contributed by atoms with E-state index >= 15 is 0 Å². The van der Waals surface area contributed by atoms with Gasteiger partial charge in [0.15, 0.2) is 0 Å². The summed E-state index contributed by atoms with van der Waals surface area (Å²) in [5.41, 5.74) is 8.74. The average molecular weight is 243 g/mol. The van der Waals surface area contributed by atoms with E-state index in [1.54, 1.807) is 12.1 Å². The van der Waals surface area contributed by atoms with E-state index in [0.717, 1.165) is 0 Å². The highest BCUT2D eigenvalue weighted by Crippen LogP contribution is 2.19. The molecule has 1 amide bonds. The molecule has 0 atom stereocenters. The van der Waals surface area contributed by atoms with E-state index in [9.17, 15) is 4.79 Å². The van der Waals surface area contributed by atoms with E-state index in [2.05, 4.69) is 5.48 Å². The molecule has 0 saturated heterocycles. The first-order chi connectivity index (χ1) is 7.50. The van der Waals surface area contributed by atoms with Gasteiger partial charge in [-0.1, -0.05) is 25.4 Å². The summed E-state index contributed by atoms with van der Waals surface area (Å²) in [5, 5.41) is 0.358. The summed E-state index contributed by atoms with van der Waals surface area (Å²) in [6.07, 6.45) is 0. The van der Waals surface area contributed by atoms with Gasteiger partial charge in [0.1, 0.15) is 0 Å². The SMILES string of the molecule is CC(C)CONC(=O)c1ccc(N)c(Cl)c1. The van der Waals surface area contributed by atoms with Crippen molar-refractivity contribution in [3.63, 3.8) is 0 Å². The van der Waals surface area contributed by atoms with Gasteiger partial charge in [-0.25, -0.2) is 5.48 Å². The predicted molar refractivity (Wildman–Crippen MR) is 64.1 cm³/mol.